The molecule has 11 heteroatoms. The number of nitrogens with zero attached hydrogens (tertiary/aromatic N) is 6. The Morgan fingerprint density at radius 2 is 2.06 bits per heavy atom. The standard InChI is InChI=1S/C24H30N8O3/c1-5-6-12-31-20-19(18(21(33)26-3)22(31)30-11-7-8-16(25)13-30)29(4)24(35)32(23(20)34)14-17-27-10-9-15(2)28-17/h9-10,16H,7-8,11-14,25H2,1-4H3,(H,26,33). The van der Waals surface area contributed by atoms with E-state index < -0.39 is 11.2 Å². The first-order valence-electron chi connectivity index (χ1n) is 11.5. The second kappa shape index (κ2) is 9.76. The van der Waals surface area contributed by atoms with Gasteiger partial charge in [0.1, 0.15) is 22.7 Å². The van der Waals surface area contributed by atoms with Crippen LogP contribution in [0.4, 0.5) is 5.82 Å². The molecule has 0 radical (unpaired) electrons. The summed E-state index contributed by atoms with van der Waals surface area (Å²) >= 11 is 0. The SMILES string of the molecule is CC#CCn1c(N2CCCC(N)C2)c(C(=O)NC)c2c1c(=O)n(Cc1nccc(C)n1)c(=O)n2C. The van der Waals surface area contributed by atoms with Gasteiger partial charge in [-0.3, -0.25) is 18.7 Å². The van der Waals surface area contributed by atoms with Gasteiger partial charge in [-0.15, -0.1) is 5.92 Å². The van der Waals surface area contributed by atoms with Crippen LogP contribution in [0.3, 0.4) is 0 Å². The number of amides is 1. The average Bonchev–Trinajstić information content (AvgIpc) is 3.19. The van der Waals surface area contributed by atoms with Gasteiger partial charge < -0.3 is 20.5 Å². The van der Waals surface area contributed by atoms with Gasteiger partial charge in [-0.2, -0.15) is 0 Å². The van der Waals surface area contributed by atoms with E-state index in [1.54, 1.807) is 30.8 Å². The molecule has 1 unspecified atom stereocenters. The summed E-state index contributed by atoms with van der Waals surface area (Å²) in [6.07, 6.45) is 3.32. The summed E-state index contributed by atoms with van der Waals surface area (Å²) in [7, 11) is 3.09. The maximum Gasteiger partial charge on any atom is 0.331 e. The molecule has 1 amide bonds. The smallest absolute Gasteiger partial charge is 0.331 e. The minimum absolute atomic E-state index is 0.0658. The summed E-state index contributed by atoms with van der Waals surface area (Å²) < 4.78 is 4.19. The van der Waals surface area contributed by atoms with Crippen molar-refractivity contribution in [1.82, 2.24) is 29.0 Å². The van der Waals surface area contributed by atoms with Gasteiger partial charge >= 0.3 is 5.69 Å². The van der Waals surface area contributed by atoms with E-state index in [9.17, 15) is 14.4 Å². The number of nitrogens with one attached hydrogen (secondary N) is 1. The molecule has 1 fully saturated rings. The molecule has 1 aliphatic rings. The molecule has 3 aromatic rings. The first kappa shape index (κ1) is 24.2. The lowest BCUT2D eigenvalue weighted by Gasteiger charge is -2.33. The second-order valence-corrected chi connectivity index (χ2v) is 8.68. The van der Waals surface area contributed by atoms with Crippen LogP contribution in [0, 0.1) is 18.8 Å². The largest absolute Gasteiger partial charge is 0.356 e. The Morgan fingerprint density at radius 1 is 1.29 bits per heavy atom. The lowest BCUT2D eigenvalue weighted by Crippen LogP contribution is -2.44. The average molecular weight is 479 g/mol. The number of carbonyl (C=O) groups is 1. The van der Waals surface area contributed by atoms with E-state index in [0.717, 1.165) is 23.1 Å². The molecule has 35 heavy (non-hydrogen) atoms. The molecule has 1 aliphatic heterocycles. The quantitative estimate of drug-likeness (QED) is 0.492. The highest BCUT2D eigenvalue weighted by Gasteiger charge is 2.32. The summed E-state index contributed by atoms with van der Waals surface area (Å²) in [6.45, 7) is 4.82. The van der Waals surface area contributed by atoms with E-state index in [4.69, 9.17) is 5.73 Å². The number of carbonyl (C=O) groups excluding carboxylic acids is 1. The lowest BCUT2D eigenvalue weighted by atomic mass is 10.1. The number of hydrogen-bond donors (Lipinski definition) is 2. The van der Waals surface area contributed by atoms with Crippen molar-refractivity contribution in [3.8, 4) is 11.8 Å². The fraction of sp³-hybridized carbons (Fsp3) is 0.458. The molecule has 184 valence electrons. The summed E-state index contributed by atoms with van der Waals surface area (Å²) in [5, 5.41) is 2.67. The zero-order valence-electron chi connectivity index (χ0n) is 20.5. The molecule has 1 saturated heterocycles. The molecule has 0 bridgehead atoms. The topological polar surface area (TPSA) is 133 Å². The highest BCUT2D eigenvalue weighted by Crippen LogP contribution is 2.32. The maximum absolute atomic E-state index is 13.8. The van der Waals surface area contributed by atoms with Crippen LogP contribution in [0.25, 0.3) is 11.0 Å². The van der Waals surface area contributed by atoms with E-state index in [0.29, 0.717) is 24.7 Å². The molecule has 0 saturated carbocycles. The Hall–Kier alpha value is -3.91. The Kier molecular flexibility index (Phi) is 6.75. The maximum atomic E-state index is 13.8. The Labute approximate surface area is 202 Å². The van der Waals surface area contributed by atoms with Gasteiger partial charge in [0.05, 0.1) is 18.6 Å². The zero-order valence-corrected chi connectivity index (χ0v) is 20.5. The fourth-order valence-corrected chi connectivity index (χ4v) is 4.66. The predicted octanol–water partition coefficient (Wildman–Crippen LogP) is -0.0412. The summed E-state index contributed by atoms with van der Waals surface area (Å²) in [6, 6.07) is 1.68. The summed E-state index contributed by atoms with van der Waals surface area (Å²) in [4.78, 5) is 51.0. The van der Waals surface area contributed by atoms with Crippen LogP contribution >= 0.6 is 0 Å². The van der Waals surface area contributed by atoms with E-state index >= 15 is 0 Å². The molecule has 3 aromatic heterocycles. The number of aryl methyl sites for hydroxylation is 2. The Bertz CT molecular complexity index is 1470. The molecular weight excluding hydrogens is 448 g/mol. The number of hydrogen-bond acceptors (Lipinski definition) is 7. The van der Waals surface area contributed by atoms with Crippen LogP contribution in [0.1, 0.15) is 41.6 Å². The highest BCUT2D eigenvalue weighted by atomic mass is 16.2. The molecule has 11 nitrogen and oxygen atoms in total. The van der Waals surface area contributed by atoms with Gasteiger partial charge in [0.25, 0.3) is 11.5 Å². The van der Waals surface area contributed by atoms with Crippen molar-refractivity contribution in [3.63, 3.8) is 0 Å². The van der Waals surface area contributed by atoms with Crippen LogP contribution < -0.4 is 27.2 Å². The van der Waals surface area contributed by atoms with Crippen molar-refractivity contribution in [3.05, 3.63) is 50.2 Å². The van der Waals surface area contributed by atoms with E-state index in [-0.39, 0.29) is 41.6 Å². The van der Waals surface area contributed by atoms with Crippen LogP contribution in [0.15, 0.2) is 21.9 Å². The monoisotopic (exact) mass is 478 g/mol. The molecule has 3 N–H and O–H groups in total. The van der Waals surface area contributed by atoms with Gasteiger partial charge in [0.2, 0.25) is 0 Å². The van der Waals surface area contributed by atoms with Crippen molar-refractivity contribution in [2.45, 2.75) is 45.8 Å². The predicted molar refractivity (Wildman–Crippen MR) is 134 cm³/mol. The van der Waals surface area contributed by atoms with Gasteiger partial charge in [0, 0.05) is 45.1 Å². The molecule has 0 aromatic carbocycles. The molecule has 4 heterocycles. The third-order valence-electron chi connectivity index (χ3n) is 6.28. The second-order valence-electron chi connectivity index (χ2n) is 8.68. The number of fused-ring (bicyclic) bond motifs is 1. The molecular formula is C24H30N8O3. The van der Waals surface area contributed by atoms with Crippen molar-refractivity contribution in [2.24, 2.45) is 12.8 Å². The van der Waals surface area contributed by atoms with Crippen LogP contribution in [0.5, 0.6) is 0 Å². The van der Waals surface area contributed by atoms with Crippen LogP contribution in [0.2, 0.25) is 0 Å². The van der Waals surface area contributed by atoms with E-state index in [2.05, 4.69) is 27.1 Å². The number of anilines is 1. The first-order valence-corrected chi connectivity index (χ1v) is 11.5. The van der Waals surface area contributed by atoms with Crippen LogP contribution in [-0.4, -0.2) is 55.8 Å². The molecule has 0 spiro atoms. The van der Waals surface area contributed by atoms with Gasteiger partial charge in [-0.05, 0) is 32.8 Å². The summed E-state index contributed by atoms with van der Waals surface area (Å²) in [5.41, 5.74) is 6.68. The van der Waals surface area contributed by atoms with Crippen molar-refractivity contribution >= 4 is 22.8 Å². The first-order chi connectivity index (χ1) is 16.8. The lowest BCUT2D eigenvalue weighted by molar-refractivity contribution is 0.0964. The number of aromatic nitrogens is 5. The number of piperidine rings is 1. The zero-order chi connectivity index (χ0) is 25.3. The molecule has 0 aliphatic carbocycles. The van der Waals surface area contributed by atoms with Gasteiger partial charge in [0.15, 0.2) is 0 Å². The van der Waals surface area contributed by atoms with Crippen LogP contribution in [-0.2, 0) is 20.1 Å². The van der Waals surface area contributed by atoms with Crippen molar-refractivity contribution in [2.75, 3.05) is 25.0 Å². The van der Waals surface area contributed by atoms with E-state index in [1.165, 1.54) is 11.6 Å². The van der Waals surface area contributed by atoms with Gasteiger partial charge in [-0.1, -0.05) is 5.92 Å². The van der Waals surface area contributed by atoms with Crippen molar-refractivity contribution in [1.29, 1.82) is 0 Å². The highest BCUT2D eigenvalue weighted by molar-refractivity contribution is 6.11. The van der Waals surface area contributed by atoms with Crippen molar-refractivity contribution < 1.29 is 4.79 Å². The molecule has 4 rings (SSSR count). The third kappa shape index (κ3) is 4.33. The minimum Gasteiger partial charge on any atom is -0.356 e. The Balaban J connectivity index is 2.08. The van der Waals surface area contributed by atoms with Gasteiger partial charge in [-0.25, -0.2) is 14.8 Å². The number of nitrogens with two attached hydrogens (primary N) is 1. The van der Waals surface area contributed by atoms with E-state index in [1.807, 2.05) is 11.8 Å². The minimum atomic E-state index is -0.557. The number of rotatable bonds is 5. The Morgan fingerprint density at radius 3 is 2.71 bits per heavy atom. The third-order valence-corrected chi connectivity index (χ3v) is 6.28. The molecule has 1 atom stereocenters. The normalized spacial score (nSPS) is 15.7. The fourth-order valence-electron chi connectivity index (χ4n) is 4.66. The summed E-state index contributed by atoms with van der Waals surface area (Å²) in [5.74, 6) is 6.40.